The largest absolute Gasteiger partial charge is 0.493 e. The number of halogens is 3. The number of thioether (sulfide) groups is 1. The van der Waals surface area contributed by atoms with Crippen LogP contribution in [0, 0.1) is 0 Å². The van der Waals surface area contributed by atoms with Crippen molar-refractivity contribution in [2.24, 2.45) is 0 Å². The first-order valence-corrected chi connectivity index (χ1v) is 10.8. The molecule has 1 unspecified atom stereocenters. The van der Waals surface area contributed by atoms with Gasteiger partial charge in [0.15, 0.2) is 0 Å². The summed E-state index contributed by atoms with van der Waals surface area (Å²) in [5.74, 6) is 2.19. The predicted molar refractivity (Wildman–Crippen MR) is 110 cm³/mol. The average molecular weight is 499 g/mol. The summed E-state index contributed by atoms with van der Waals surface area (Å²) in [4.78, 5) is 9.08. The molecule has 0 amide bonds. The topological polar surface area (TPSA) is 55.8 Å². The molecule has 1 N–H and O–H groups in total. The Bertz CT molecular complexity index is 744. The fraction of sp³-hybridized carbons (Fsp3) is 0.250. The molecular formula is C16H16BrF2Na2O4PS. The van der Waals surface area contributed by atoms with E-state index in [4.69, 9.17) is 9.63 Å². The minimum atomic E-state index is -4.97. The van der Waals surface area contributed by atoms with Gasteiger partial charge >= 0.3 is 13.8 Å². The molecule has 1 atom stereocenters. The van der Waals surface area contributed by atoms with E-state index in [1.54, 1.807) is 23.9 Å². The van der Waals surface area contributed by atoms with Crippen LogP contribution < -0.4 is 9.26 Å². The van der Waals surface area contributed by atoms with Crippen LogP contribution in [0.15, 0.2) is 53.0 Å². The normalized spacial score (nSPS) is 12.5. The molecule has 4 nitrogen and oxygen atoms in total. The van der Waals surface area contributed by atoms with Crippen LogP contribution in [0.25, 0.3) is 0 Å². The summed E-state index contributed by atoms with van der Waals surface area (Å²) in [6, 6.07) is 14.2. The maximum Gasteiger partial charge on any atom is 0.442 e. The fourth-order valence-corrected chi connectivity index (χ4v) is 3.73. The molecule has 2 rings (SSSR count). The molecule has 0 aliphatic heterocycles. The molecule has 0 aromatic heterocycles. The van der Waals surface area contributed by atoms with Crippen molar-refractivity contribution in [1.29, 1.82) is 0 Å². The van der Waals surface area contributed by atoms with Gasteiger partial charge < -0.3 is 14.2 Å². The number of ether oxygens (including phenoxy) is 1. The van der Waals surface area contributed by atoms with Gasteiger partial charge in [-0.05, 0) is 45.8 Å². The van der Waals surface area contributed by atoms with Crippen LogP contribution in [0.3, 0.4) is 0 Å². The van der Waals surface area contributed by atoms with Gasteiger partial charge in [0.25, 0.3) is 0 Å². The molecular weight excluding hydrogens is 483 g/mol. The Hall–Kier alpha value is 0.920. The third-order valence-corrected chi connectivity index (χ3v) is 5.54. The summed E-state index contributed by atoms with van der Waals surface area (Å²) in [5, 5.41) is 0. The van der Waals surface area contributed by atoms with Crippen LogP contribution in [0.4, 0.5) is 8.78 Å². The van der Waals surface area contributed by atoms with E-state index in [0.29, 0.717) is 16.8 Å². The monoisotopic (exact) mass is 498 g/mol. The van der Waals surface area contributed by atoms with Crippen LogP contribution in [0.2, 0.25) is 0 Å². The zero-order valence-corrected chi connectivity index (χ0v) is 22.3. The van der Waals surface area contributed by atoms with E-state index < -0.39 is 13.8 Å². The third kappa shape index (κ3) is 9.98. The van der Waals surface area contributed by atoms with Crippen molar-refractivity contribution in [3.8, 4) is 11.5 Å². The molecule has 0 heterocycles. The maximum atomic E-state index is 12.4. The third-order valence-electron chi connectivity index (χ3n) is 2.98. The second-order valence-corrected chi connectivity index (χ2v) is 8.57. The molecule has 138 valence electrons. The Kier molecular flexibility index (Phi) is 14.5. The first kappa shape index (κ1) is 27.9. The molecule has 0 aliphatic rings. The summed E-state index contributed by atoms with van der Waals surface area (Å²) in [6.45, 7) is 0.569. The zero-order chi connectivity index (χ0) is 18.3. The Morgan fingerprint density at radius 1 is 1.15 bits per heavy atom. The molecule has 0 bridgehead atoms. The molecule has 2 aromatic rings. The molecule has 2 radical (unpaired) electrons. The van der Waals surface area contributed by atoms with Crippen molar-refractivity contribution in [2.75, 3.05) is 12.4 Å². The van der Waals surface area contributed by atoms with Gasteiger partial charge in [0.2, 0.25) is 0 Å². The Balaban J connectivity index is 0.00000338. The number of hydrogen-bond acceptors (Lipinski definition) is 4. The van der Waals surface area contributed by atoms with Gasteiger partial charge in [-0.2, -0.15) is 20.5 Å². The van der Waals surface area contributed by atoms with Gasteiger partial charge in [0.1, 0.15) is 11.5 Å². The van der Waals surface area contributed by atoms with Crippen LogP contribution in [-0.2, 0) is 10.3 Å². The minimum Gasteiger partial charge on any atom is -0.493 e. The second kappa shape index (κ2) is 14.0. The van der Waals surface area contributed by atoms with E-state index in [0.717, 1.165) is 17.1 Å². The van der Waals surface area contributed by atoms with Gasteiger partial charge in [-0.25, -0.2) is 4.57 Å². The number of rotatable bonds is 9. The van der Waals surface area contributed by atoms with Crippen molar-refractivity contribution in [3.63, 3.8) is 0 Å². The van der Waals surface area contributed by atoms with E-state index in [2.05, 4.69) is 20.5 Å². The van der Waals surface area contributed by atoms with E-state index in [9.17, 15) is 13.3 Å². The fourth-order valence-electron chi connectivity index (χ4n) is 1.81. The summed E-state index contributed by atoms with van der Waals surface area (Å²) in [6.07, 6.45) is -3.45. The van der Waals surface area contributed by atoms with Crippen LogP contribution in [-0.4, -0.2) is 82.5 Å². The van der Waals surface area contributed by atoms with E-state index in [-0.39, 0.29) is 64.9 Å². The number of para-hydroxylation sites is 1. The molecule has 0 aliphatic carbocycles. The maximum absolute atomic E-state index is 12.4. The van der Waals surface area contributed by atoms with Crippen LogP contribution in [0.5, 0.6) is 11.5 Å². The Morgan fingerprint density at radius 2 is 1.81 bits per heavy atom. The molecule has 0 saturated carbocycles. The summed E-state index contributed by atoms with van der Waals surface area (Å²) in [7, 11) is -4.97. The second-order valence-electron chi connectivity index (χ2n) is 4.91. The Morgan fingerprint density at radius 3 is 2.41 bits per heavy atom. The van der Waals surface area contributed by atoms with E-state index in [1.165, 1.54) is 6.07 Å². The summed E-state index contributed by atoms with van der Waals surface area (Å²) < 4.78 is 46.5. The quantitative estimate of drug-likeness (QED) is 0.306. The van der Waals surface area contributed by atoms with Gasteiger partial charge in [-0.1, -0.05) is 24.3 Å². The zero-order valence-electron chi connectivity index (χ0n) is 15.0. The molecule has 11 heteroatoms. The Labute approximate surface area is 214 Å². The number of alkyl halides is 2. The molecule has 0 saturated heterocycles. The first-order chi connectivity index (χ1) is 11.9. The van der Waals surface area contributed by atoms with Crippen molar-refractivity contribution in [1.82, 2.24) is 0 Å². The van der Waals surface area contributed by atoms with Crippen molar-refractivity contribution in [2.45, 2.75) is 11.9 Å². The smallest absolute Gasteiger partial charge is 0.442 e. The average Bonchev–Trinajstić information content (AvgIpc) is 2.57. The number of hydrogen-bond donors (Lipinski definition) is 1. The SMILES string of the molecule is O=P(O)(Oc1ccc(CSCCOc2ccccc2)cc1Br)C(F)F.[Na].[Na]. The molecule has 2 aromatic carbocycles. The minimum absolute atomic E-state index is 0. The molecule has 0 fully saturated rings. The van der Waals surface area contributed by atoms with Crippen LogP contribution in [0.1, 0.15) is 5.56 Å². The van der Waals surface area contributed by atoms with Crippen LogP contribution >= 0.6 is 35.3 Å². The standard InChI is InChI=1S/C16H16BrF2O4PS.2Na/c17-14-10-12(6-7-15(14)23-24(20,21)16(18)19)11-25-9-8-22-13-4-2-1-3-5-13;;/h1-7,10,16H,8-9,11H2,(H,20,21);;. The van der Waals surface area contributed by atoms with E-state index >= 15 is 0 Å². The van der Waals surface area contributed by atoms with Gasteiger partial charge in [-0.3, -0.25) is 0 Å². The summed E-state index contributed by atoms with van der Waals surface area (Å²) in [5.41, 5.74) is 0.925. The van der Waals surface area contributed by atoms with Gasteiger partial charge in [0, 0.05) is 70.6 Å². The molecule has 0 spiro atoms. The summed E-state index contributed by atoms with van der Waals surface area (Å²) >= 11 is 4.81. The van der Waals surface area contributed by atoms with Gasteiger partial charge in [-0.15, -0.1) is 0 Å². The van der Waals surface area contributed by atoms with E-state index in [1.807, 2.05) is 30.3 Å². The first-order valence-electron chi connectivity index (χ1n) is 7.23. The van der Waals surface area contributed by atoms with Crippen molar-refractivity contribution >= 4 is 94.4 Å². The molecule has 27 heavy (non-hydrogen) atoms. The number of benzene rings is 2. The van der Waals surface area contributed by atoms with Gasteiger partial charge in [0.05, 0.1) is 11.1 Å². The predicted octanol–water partition coefficient (Wildman–Crippen LogP) is 4.79. The van der Waals surface area contributed by atoms with Crippen molar-refractivity contribution in [3.05, 3.63) is 58.6 Å². The van der Waals surface area contributed by atoms with Crippen molar-refractivity contribution < 1.29 is 27.5 Å².